The Bertz CT molecular complexity index is 1130. The molecule has 0 radical (unpaired) electrons. The maximum absolute atomic E-state index is 12.6. The molecular weight excluding hydrogens is 446 g/mol. The Morgan fingerprint density at radius 3 is 2.88 bits per heavy atom. The molecule has 1 fully saturated rings. The number of ether oxygens (including phenoxy) is 2. The highest BCUT2D eigenvalue weighted by Gasteiger charge is 2.36. The van der Waals surface area contributed by atoms with Crippen molar-refractivity contribution in [2.75, 3.05) is 19.0 Å². The van der Waals surface area contributed by atoms with Crippen LogP contribution in [0, 0.1) is 0 Å². The third-order valence-corrected chi connectivity index (χ3v) is 6.07. The van der Waals surface area contributed by atoms with Gasteiger partial charge in [-0.25, -0.2) is 9.78 Å². The Morgan fingerprint density at radius 1 is 1.24 bits per heavy atom. The Morgan fingerprint density at radius 2 is 2.09 bits per heavy atom. The van der Waals surface area contributed by atoms with Crippen LogP contribution in [0.3, 0.4) is 0 Å². The van der Waals surface area contributed by atoms with E-state index in [0.717, 1.165) is 0 Å². The summed E-state index contributed by atoms with van der Waals surface area (Å²) in [7, 11) is 1.54. The lowest BCUT2D eigenvalue weighted by molar-refractivity contribution is -0.149. The molecule has 2 aromatic heterocycles. The van der Waals surface area contributed by atoms with Crippen LogP contribution in [0.25, 0.3) is 0 Å². The number of rotatable bonds is 8. The lowest BCUT2D eigenvalue weighted by Gasteiger charge is -2.22. The fraction of sp³-hybridized carbons (Fsp3) is 0.304. The molecule has 0 aliphatic carbocycles. The number of carbonyl (C=O) groups is 3. The van der Waals surface area contributed by atoms with E-state index < -0.39 is 12.0 Å². The first-order chi connectivity index (χ1) is 16.0. The van der Waals surface area contributed by atoms with Crippen molar-refractivity contribution in [3.63, 3.8) is 0 Å². The quantitative estimate of drug-likeness (QED) is 0.504. The number of benzene rings is 1. The van der Waals surface area contributed by atoms with E-state index >= 15 is 0 Å². The van der Waals surface area contributed by atoms with Gasteiger partial charge in [0.05, 0.1) is 31.2 Å². The number of amides is 2. The summed E-state index contributed by atoms with van der Waals surface area (Å²) < 4.78 is 15.8. The van der Waals surface area contributed by atoms with Crippen molar-refractivity contribution in [2.45, 2.75) is 31.9 Å². The smallest absolute Gasteiger partial charge is 0.329 e. The number of furan rings is 1. The van der Waals surface area contributed by atoms with E-state index in [0.29, 0.717) is 41.5 Å². The minimum absolute atomic E-state index is 0.0251. The predicted molar refractivity (Wildman–Crippen MR) is 120 cm³/mol. The fourth-order valence-electron chi connectivity index (χ4n) is 3.61. The molecule has 1 aliphatic heterocycles. The van der Waals surface area contributed by atoms with Crippen LogP contribution in [0.1, 0.15) is 34.1 Å². The molecule has 1 aromatic carbocycles. The van der Waals surface area contributed by atoms with E-state index in [1.165, 1.54) is 29.6 Å². The Balaban J connectivity index is 1.29. The number of hydrogen-bond donors (Lipinski definition) is 1. The van der Waals surface area contributed by atoms with Gasteiger partial charge < -0.3 is 24.1 Å². The van der Waals surface area contributed by atoms with Gasteiger partial charge in [0.15, 0.2) is 5.76 Å². The van der Waals surface area contributed by atoms with E-state index in [-0.39, 0.29) is 30.6 Å². The fourth-order valence-corrected chi connectivity index (χ4v) is 4.39. The maximum atomic E-state index is 12.6. The lowest BCUT2D eigenvalue weighted by atomic mass is 10.2. The first-order valence-electron chi connectivity index (χ1n) is 10.4. The Labute approximate surface area is 194 Å². The first kappa shape index (κ1) is 22.5. The van der Waals surface area contributed by atoms with Crippen LogP contribution >= 0.6 is 11.3 Å². The van der Waals surface area contributed by atoms with Gasteiger partial charge in [0.25, 0.3) is 5.91 Å². The molecule has 0 unspecified atom stereocenters. The monoisotopic (exact) mass is 469 g/mol. The largest absolute Gasteiger partial charge is 0.495 e. The molecule has 0 spiro atoms. The molecule has 2 amide bonds. The van der Waals surface area contributed by atoms with Gasteiger partial charge in [-0.15, -0.1) is 11.3 Å². The van der Waals surface area contributed by atoms with Crippen molar-refractivity contribution in [1.29, 1.82) is 0 Å². The first-order valence-corrected chi connectivity index (χ1v) is 11.3. The molecule has 1 saturated heterocycles. The summed E-state index contributed by atoms with van der Waals surface area (Å²) in [5.41, 5.74) is 1.14. The van der Waals surface area contributed by atoms with E-state index in [1.54, 1.807) is 29.6 Å². The van der Waals surface area contributed by atoms with Gasteiger partial charge in [-0.1, -0.05) is 12.1 Å². The lowest BCUT2D eigenvalue weighted by Crippen LogP contribution is -2.41. The second kappa shape index (κ2) is 10.3. The van der Waals surface area contributed by atoms with Crippen LogP contribution in [0.5, 0.6) is 5.75 Å². The van der Waals surface area contributed by atoms with Crippen molar-refractivity contribution >= 4 is 34.8 Å². The third-order valence-electron chi connectivity index (χ3n) is 5.17. The maximum Gasteiger partial charge on any atom is 0.329 e. The van der Waals surface area contributed by atoms with Gasteiger partial charge >= 0.3 is 5.97 Å². The number of aromatic nitrogens is 1. The summed E-state index contributed by atoms with van der Waals surface area (Å²) >= 11 is 1.31. The molecule has 0 bridgehead atoms. The van der Waals surface area contributed by atoms with Crippen LogP contribution in [-0.2, 0) is 27.4 Å². The van der Waals surface area contributed by atoms with E-state index in [4.69, 9.17) is 13.9 Å². The number of esters is 1. The number of nitrogens with one attached hydrogen (secondary N) is 1. The highest BCUT2D eigenvalue weighted by Crippen LogP contribution is 2.24. The van der Waals surface area contributed by atoms with Gasteiger partial charge in [0.2, 0.25) is 5.91 Å². The van der Waals surface area contributed by atoms with Gasteiger partial charge in [-0.2, -0.15) is 0 Å². The molecule has 33 heavy (non-hydrogen) atoms. The van der Waals surface area contributed by atoms with Crippen LogP contribution in [0.15, 0.2) is 52.5 Å². The highest BCUT2D eigenvalue weighted by atomic mass is 32.1. The number of anilines is 1. The molecule has 3 aromatic rings. The number of thiazole rings is 1. The molecular formula is C23H23N3O6S. The number of hydrogen-bond acceptors (Lipinski definition) is 8. The van der Waals surface area contributed by atoms with Gasteiger partial charge in [-0.05, 0) is 37.1 Å². The van der Waals surface area contributed by atoms with Crippen LogP contribution in [0.4, 0.5) is 5.69 Å². The second-order valence-electron chi connectivity index (χ2n) is 7.40. The highest BCUT2D eigenvalue weighted by molar-refractivity contribution is 7.09. The van der Waals surface area contributed by atoms with Crippen LogP contribution < -0.4 is 10.1 Å². The standard InChI is InChI=1S/C23H23N3O6S/c1-30-18-8-3-2-6-16(18)25-20(27)12-21-24-15(14-33-21)13-32-23(29)17-7-4-10-26(17)22(28)19-9-5-11-31-19/h2-3,5-6,8-9,11,14,17H,4,7,10,12-13H2,1H3,(H,25,27)/t17-/m0/s1. The van der Waals surface area contributed by atoms with Crippen molar-refractivity contribution in [3.8, 4) is 5.75 Å². The van der Waals surface area contributed by atoms with Crippen molar-refractivity contribution in [3.05, 3.63) is 64.5 Å². The molecule has 1 atom stereocenters. The number of para-hydroxylation sites is 2. The zero-order valence-corrected chi connectivity index (χ0v) is 18.8. The summed E-state index contributed by atoms with van der Waals surface area (Å²) in [6.07, 6.45) is 2.77. The summed E-state index contributed by atoms with van der Waals surface area (Å²) in [5, 5.41) is 5.16. The minimum atomic E-state index is -0.646. The average Bonchev–Trinajstić information content (AvgIpc) is 3.59. The molecule has 9 nitrogen and oxygen atoms in total. The number of methoxy groups -OCH3 is 1. The van der Waals surface area contributed by atoms with Crippen molar-refractivity contribution < 1.29 is 28.3 Å². The van der Waals surface area contributed by atoms with Gasteiger partial charge in [0.1, 0.15) is 23.4 Å². The minimum Gasteiger partial charge on any atom is -0.495 e. The average molecular weight is 470 g/mol. The number of nitrogens with zero attached hydrogens (tertiary/aromatic N) is 2. The molecule has 172 valence electrons. The zero-order chi connectivity index (χ0) is 23.2. The zero-order valence-electron chi connectivity index (χ0n) is 18.0. The van der Waals surface area contributed by atoms with E-state index in [2.05, 4.69) is 10.3 Å². The van der Waals surface area contributed by atoms with E-state index in [9.17, 15) is 14.4 Å². The summed E-state index contributed by atoms with van der Waals surface area (Å²) in [6.45, 7) is 0.449. The molecule has 10 heteroatoms. The second-order valence-corrected chi connectivity index (χ2v) is 8.34. The van der Waals surface area contributed by atoms with Crippen molar-refractivity contribution in [2.24, 2.45) is 0 Å². The molecule has 1 N–H and O–H groups in total. The van der Waals surface area contributed by atoms with Crippen LogP contribution in [0.2, 0.25) is 0 Å². The number of carbonyl (C=O) groups excluding carboxylic acids is 3. The number of likely N-dealkylation sites (tertiary alicyclic amines) is 1. The molecule has 1 aliphatic rings. The summed E-state index contributed by atoms with van der Waals surface area (Å²) in [5.74, 6) is -0.253. The predicted octanol–water partition coefficient (Wildman–Crippen LogP) is 3.27. The molecule has 4 rings (SSSR count). The SMILES string of the molecule is COc1ccccc1NC(=O)Cc1nc(COC(=O)[C@@H]2CCCN2C(=O)c2ccco2)cs1. The third kappa shape index (κ3) is 5.40. The van der Waals surface area contributed by atoms with Gasteiger partial charge in [-0.3, -0.25) is 9.59 Å². The van der Waals surface area contributed by atoms with Crippen LogP contribution in [-0.4, -0.2) is 47.4 Å². The van der Waals surface area contributed by atoms with Gasteiger partial charge in [0, 0.05) is 11.9 Å². The topological polar surface area (TPSA) is 111 Å². The normalized spacial score (nSPS) is 15.3. The summed E-state index contributed by atoms with van der Waals surface area (Å²) in [6, 6.07) is 9.71. The summed E-state index contributed by atoms with van der Waals surface area (Å²) in [4.78, 5) is 43.4. The van der Waals surface area contributed by atoms with E-state index in [1.807, 2.05) is 12.1 Å². The van der Waals surface area contributed by atoms with Crippen molar-refractivity contribution in [1.82, 2.24) is 9.88 Å². The Kier molecular flexibility index (Phi) is 7.04. The Hall–Kier alpha value is -3.66. The molecule has 3 heterocycles. The molecule has 0 saturated carbocycles.